The van der Waals surface area contributed by atoms with Crippen molar-refractivity contribution >= 4 is 28.5 Å². The van der Waals surface area contributed by atoms with Crippen molar-refractivity contribution in [2.24, 2.45) is 0 Å². The zero-order chi connectivity index (χ0) is 13.1. The Morgan fingerprint density at radius 2 is 2.28 bits per heavy atom. The summed E-state index contributed by atoms with van der Waals surface area (Å²) in [6.45, 7) is 1.75. The van der Waals surface area contributed by atoms with Gasteiger partial charge in [0.25, 0.3) is 0 Å². The van der Waals surface area contributed by atoms with Crippen LogP contribution in [0.25, 0.3) is 0 Å². The highest BCUT2D eigenvalue weighted by Gasteiger charge is 2.26. The van der Waals surface area contributed by atoms with Crippen LogP contribution in [0.3, 0.4) is 0 Å². The molecule has 1 N–H and O–H groups in total. The van der Waals surface area contributed by atoms with Gasteiger partial charge in [-0.3, -0.25) is 9.00 Å². The highest BCUT2D eigenvalue weighted by Crippen LogP contribution is 2.39. The van der Waals surface area contributed by atoms with Gasteiger partial charge in [0.1, 0.15) is 0 Å². The number of aliphatic carboxylic acids is 1. The van der Waals surface area contributed by atoms with E-state index < -0.39 is 16.8 Å². The number of carboxylic acids is 1. The fraction of sp³-hybridized carbons (Fsp3) is 0.462. The van der Waals surface area contributed by atoms with Crippen molar-refractivity contribution < 1.29 is 14.1 Å². The molecule has 0 spiro atoms. The Kier molecular flexibility index (Phi) is 4.45. The zero-order valence-electron chi connectivity index (χ0n) is 10.2. The van der Waals surface area contributed by atoms with Crippen molar-refractivity contribution in [2.45, 2.75) is 29.4 Å². The number of fused-ring (bicyclic) bond motifs is 1. The summed E-state index contributed by atoms with van der Waals surface area (Å²) in [5, 5.41) is 8.44. The van der Waals surface area contributed by atoms with Crippen LogP contribution in [0.1, 0.15) is 24.8 Å². The van der Waals surface area contributed by atoms with Crippen molar-refractivity contribution in [3.63, 3.8) is 0 Å². The average Bonchev–Trinajstić information content (AvgIpc) is 2.72. The number of benzene rings is 1. The second-order valence-electron chi connectivity index (χ2n) is 4.50. The molecule has 1 aliphatic heterocycles. The Hall–Kier alpha value is -0.810. The lowest BCUT2D eigenvalue weighted by atomic mass is 10.0. The molecule has 3 nitrogen and oxygen atoms in total. The van der Waals surface area contributed by atoms with Gasteiger partial charge in [-0.25, -0.2) is 0 Å². The maximum atomic E-state index is 12.1. The SMILES string of the molecule is CC(CC(=O)O)S(=O)CC1CSc2ccccc21. The molecule has 0 saturated carbocycles. The van der Waals surface area contributed by atoms with E-state index in [4.69, 9.17) is 5.11 Å². The monoisotopic (exact) mass is 284 g/mol. The lowest BCUT2D eigenvalue weighted by Gasteiger charge is -2.14. The smallest absolute Gasteiger partial charge is 0.304 e. The molecule has 3 unspecified atom stereocenters. The molecule has 3 atom stereocenters. The number of carboxylic acid groups (broad SMARTS) is 1. The minimum atomic E-state index is -1.08. The van der Waals surface area contributed by atoms with Gasteiger partial charge in [-0.15, -0.1) is 11.8 Å². The van der Waals surface area contributed by atoms with Crippen molar-refractivity contribution in [2.75, 3.05) is 11.5 Å². The summed E-state index contributed by atoms with van der Waals surface area (Å²) in [6.07, 6.45) is -0.0197. The molecule has 0 radical (unpaired) electrons. The zero-order valence-corrected chi connectivity index (χ0v) is 11.8. The third-order valence-corrected chi connectivity index (χ3v) is 6.12. The van der Waals surface area contributed by atoms with Gasteiger partial charge in [0.15, 0.2) is 0 Å². The van der Waals surface area contributed by atoms with Gasteiger partial charge in [-0.2, -0.15) is 0 Å². The molecule has 2 rings (SSSR count). The highest BCUT2D eigenvalue weighted by molar-refractivity contribution is 7.99. The largest absolute Gasteiger partial charge is 0.481 e. The molecule has 0 bridgehead atoms. The Bertz CT molecular complexity index is 473. The summed E-state index contributed by atoms with van der Waals surface area (Å²) in [6, 6.07) is 8.18. The molecule has 1 aliphatic rings. The van der Waals surface area contributed by atoms with Crippen LogP contribution in [0.4, 0.5) is 0 Å². The van der Waals surface area contributed by atoms with E-state index in [0.717, 1.165) is 5.75 Å². The quantitative estimate of drug-likeness (QED) is 0.902. The van der Waals surface area contributed by atoms with Gasteiger partial charge in [0, 0.05) is 38.4 Å². The fourth-order valence-electron chi connectivity index (χ4n) is 2.07. The maximum absolute atomic E-state index is 12.1. The molecule has 18 heavy (non-hydrogen) atoms. The standard InChI is InChI=1S/C13H16O3S2/c1-9(6-13(14)15)18(16)8-10-7-17-12-5-3-2-4-11(10)12/h2-5,9-10H,6-8H2,1H3,(H,14,15). The number of thioether (sulfide) groups is 1. The molecule has 1 heterocycles. The highest BCUT2D eigenvalue weighted by atomic mass is 32.2. The molecule has 0 fully saturated rings. The average molecular weight is 284 g/mol. The topological polar surface area (TPSA) is 54.4 Å². The Balaban J connectivity index is 1.99. The van der Waals surface area contributed by atoms with Gasteiger partial charge in [-0.1, -0.05) is 25.1 Å². The van der Waals surface area contributed by atoms with E-state index in [1.54, 1.807) is 18.7 Å². The van der Waals surface area contributed by atoms with Gasteiger partial charge in [0.05, 0.1) is 6.42 Å². The number of carbonyl (C=O) groups is 1. The van der Waals surface area contributed by atoms with Crippen molar-refractivity contribution in [3.8, 4) is 0 Å². The van der Waals surface area contributed by atoms with E-state index in [-0.39, 0.29) is 11.7 Å². The summed E-state index contributed by atoms with van der Waals surface area (Å²) in [7, 11) is -1.08. The van der Waals surface area contributed by atoms with E-state index in [2.05, 4.69) is 12.1 Å². The van der Waals surface area contributed by atoms with Gasteiger partial charge in [0.2, 0.25) is 0 Å². The lowest BCUT2D eigenvalue weighted by molar-refractivity contribution is -0.136. The molecule has 98 valence electrons. The summed E-state index contributed by atoms with van der Waals surface area (Å²) >= 11 is 1.79. The van der Waals surface area contributed by atoms with Crippen LogP contribution in [0, 0.1) is 0 Å². The van der Waals surface area contributed by atoms with E-state index in [0.29, 0.717) is 11.7 Å². The molecule has 0 aliphatic carbocycles. The summed E-state index contributed by atoms with van der Waals surface area (Å²) in [5.74, 6) is 0.934. The molecule has 1 aromatic rings. The third kappa shape index (κ3) is 3.14. The van der Waals surface area contributed by atoms with Crippen LogP contribution < -0.4 is 0 Å². The first kappa shape index (κ1) is 13.6. The maximum Gasteiger partial charge on any atom is 0.304 e. The fourth-order valence-corrected chi connectivity index (χ4v) is 4.82. The Labute approximate surface area is 113 Å². The van der Waals surface area contributed by atoms with Crippen LogP contribution in [-0.4, -0.2) is 32.0 Å². The van der Waals surface area contributed by atoms with Gasteiger partial charge in [-0.05, 0) is 11.6 Å². The molecule has 1 aromatic carbocycles. The lowest BCUT2D eigenvalue weighted by Crippen LogP contribution is -2.21. The van der Waals surface area contributed by atoms with E-state index in [1.807, 2.05) is 12.1 Å². The molecule has 0 aromatic heterocycles. The summed E-state index contributed by atoms with van der Waals surface area (Å²) < 4.78 is 12.1. The Morgan fingerprint density at radius 3 is 3.00 bits per heavy atom. The first-order valence-corrected chi connectivity index (χ1v) is 8.25. The van der Waals surface area contributed by atoms with Crippen molar-refractivity contribution in [1.29, 1.82) is 0 Å². The first-order valence-electron chi connectivity index (χ1n) is 5.88. The van der Waals surface area contributed by atoms with Crippen LogP contribution >= 0.6 is 11.8 Å². The van der Waals surface area contributed by atoms with E-state index in [1.165, 1.54) is 10.5 Å². The van der Waals surface area contributed by atoms with E-state index in [9.17, 15) is 9.00 Å². The molecule has 0 amide bonds. The van der Waals surface area contributed by atoms with E-state index >= 15 is 0 Å². The number of hydrogen-bond acceptors (Lipinski definition) is 3. The third-order valence-electron chi connectivity index (χ3n) is 3.08. The van der Waals surface area contributed by atoms with Crippen LogP contribution in [0.5, 0.6) is 0 Å². The first-order chi connectivity index (χ1) is 8.58. The molecular weight excluding hydrogens is 268 g/mol. The minimum absolute atomic E-state index is 0.0197. The van der Waals surface area contributed by atoms with Gasteiger partial charge >= 0.3 is 5.97 Å². The summed E-state index contributed by atoms with van der Waals surface area (Å²) in [5.41, 5.74) is 1.26. The predicted octanol–water partition coefficient (Wildman–Crippen LogP) is 2.49. The van der Waals surface area contributed by atoms with Gasteiger partial charge < -0.3 is 5.11 Å². The second kappa shape index (κ2) is 5.89. The Morgan fingerprint density at radius 1 is 1.56 bits per heavy atom. The number of rotatable bonds is 5. The molecular formula is C13H16O3S2. The molecule has 0 saturated heterocycles. The van der Waals surface area contributed by atoms with Crippen LogP contribution in [-0.2, 0) is 15.6 Å². The minimum Gasteiger partial charge on any atom is -0.481 e. The second-order valence-corrected chi connectivity index (χ2v) is 7.46. The predicted molar refractivity (Wildman–Crippen MR) is 74.6 cm³/mol. The normalized spacial score (nSPS) is 21.3. The van der Waals surface area contributed by atoms with Crippen molar-refractivity contribution in [1.82, 2.24) is 0 Å². The number of hydrogen-bond donors (Lipinski definition) is 1. The summed E-state index contributed by atoms with van der Waals surface area (Å²) in [4.78, 5) is 11.9. The van der Waals surface area contributed by atoms with Crippen molar-refractivity contribution in [3.05, 3.63) is 29.8 Å². The molecule has 5 heteroatoms. The van der Waals surface area contributed by atoms with Crippen LogP contribution in [0.15, 0.2) is 29.2 Å². The van der Waals surface area contributed by atoms with Crippen LogP contribution in [0.2, 0.25) is 0 Å².